The average molecular weight is 410 g/mol. The van der Waals surface area contributed by atoms with Crippen LogP contribution in [0.5, 0.6) is 0 Å². The van der Waals surface area contributed by atoms with Crippen LogP contribution in [0.1, 0.15) is 52.9 Å². The van der Waals surface area contributed by atoms with Crippen molar-refractivity contribution in [3.63, 3.8) is 0 Å². The minimum absolute atomic E-state index is 0.0261. The molecule has 10 nitrogen and oxygen atoms in total. The summed E-state index contributed by atoms with van der Waals surface area (Å²) in [7, 11) is 1.23. The Labute approximate surface area is 170 Å². The maximum absolute atomic E-state index is 12.0. The zero-order chi connectivity index (χ0) is 22.0. The van der Waals surface area contributed by atoms with Crippen LogP contribution in [0, 0.1) is 26.1 Å². The van der Waals surface area contributed by atoms with Crippen LogP contribution >= 0.6 is 0 Å². The smallest absolute Gasteiger partial charge is 0.328 e. The molecule has 0 radical (unpaired) electrons. The molecule has 1 rings (SSSR count). The lowest BCUT2D eigenvalue weighted by Crippen LogP contribution is -2.35. The van der Waals surface area contributed by atoms with E-state index in [2.05, 4.69) is 17.6 Å². The second-order valence-electron chi connectivity index (χ2n) is 7.13. The number of esters is 1. The molecule has 29 heavy (non-hydrogen) atoms. The minimum Gasteiger partial charge on any atom is -0.467 e. The fourth-order valence-corrected chi connectivity index (χ4v) is 2.88. The van der Waals surface area contributed by atoms with Gasteiger partial charge in [-0.3, -0.25) is 20.2 Å². The lowest BCUT2D eigenvalue weighted by molar-refractivity contribution is -0.393. The van der Waals surface area contributed by atoms with Gasteiger partial charge in [0.05, 0.1) is 23.0 Å². The number of nitro groups is 2. The summed E-state index contributed by atoms with van der Waals surface area (Å²) in [6.45, 7) is 6.15. The fraction of sp³-hybridized carbons (Fsp3) is 0.632. The average Bonchev–Trinajstić information content (AvgIpc) is 2.67. The highest BCUT2D eigenvalue weighted by Gasteiger charge is 2.29. The highest BCUT2D eigenvalue weighted by Crippen LogP contribution is 2.37. The second-order valence-corrected chi connectivity index (χ2v) is 7.13. The van der Waals surface area contributed by atoms with Gasteiger partial charge in [-0.2, -0.15) is 0 Å². The first kappa shape index (κ1) is 24.1. The first-order valence-electron chi connectivity index (χ1n) is 9.77. The highest BCUT2D eigenvalue weighted by molar-refractivity contribution is 5.83. The van der Waals surface area contributed by atoms with Gasteiger partial charge in [-0.1, -0.05) is 46.5 Å². The quantitative estimate of drug-likeness (QED) is 0.210. The molecule has 162 valence electrons. The van der Waals surface area contributed by atoms with Crippen molar-refractivity contribution in [2.24, 2.45) is 5.92 Å². The number of ether oxygens (including phenoxy) is 1. The SMILES string of the molecule is CCCCCCCNc1cc(NC(C(=O)OC)C(C)C)c([N+](=O)[O-])cc1[N+](=O)[O-]. The molecule has 1 atom stereocenters. The molecule has 0 fully saturated rings. The molecule has 0 bridgehead atoms. The summed E-state index contributed by atoms with van der Waals surface area (Å²) < 4.78 is 4.75. The summed E-state index contributed by atoms with van der Waals surface area (Å²) in [5, 5.41) is 28.7. The lowest BCUT2D eigenvalue weighted by atomic mass is 10.0. The Hall–Kier alpha value is -2.91. The van der Waals surface area contributed by atoms with Crippen LogP contribution in [0.15, 0.2) is 12.1 Å². The summed E-state index contributed by atoms with van der Waals surface area (Å²) in [4.78, 5) is 33.5. The summed E-state index contributed by atoms with van der Waals surface area (Å²) >= 11 is 0. The predicted molar refractivity (Wildman–Crippen MR) is 111 cm³/mol. The van der Waals surface area contributed by atoms with Crippen molar-refractivity contribution in [2.45, 2.75) is 58.9 Å². The van der Waals surface area contributed by atoms with E-state index >= 15 is 0 Å². The first-order valence-corrected chi connectivity index (χ1v) is 9.77. The predicted octanol–water partition coefficient (Wildman–Crippen LogP) is 4.49. The Kier molecular flexibility index (Phi) is 9.84. The number of hydrogen-bond acceptors (Lipinski definition) is 8. The zero-order valence-corrected chi connectivity index (χ0v) is 17.4. The first-order chi connectivity index (χ1) is 13.7. The molecule has 2 N–H and O–H groups in total. The third kappa shape index (κ3) is 7.20. The van der Waals surface area contributed by atoms with E-state index in [1.54, 1.807) is 13.8 Å². The van der Waals surface area contributed by atoms with Gasteiger partial charge in [0.1, 0.15) is 17.4 Å². The van der Waals surface area contributed by atoms with Gasteiger partial charge in [-0.15, -0.1) is 0 Å². The number of nitro benzene ring substituents is 2. The molecule has 1 unspecified atom stereocenters. The van der Waals surface area contributed by atoms with Gasteiger partial charge in [0.2, 0.25) is 0 Å². The molecule has 0 heterocycles. The van der Waals surface area contributed by atoms with Crippen molar-refractivity contribution < 1.29 is 19.4 Å². The van der Waals surface area contributed by atoms with E-state index in [4.69, 9.17) is 4.74 Å². The molecule has 1 aromatic carbocycles. The molecule has 0 saturated heterocycles. The number of benzene rings is 1. The van der Waals surface area contributed by atoms with E-state index in [1.807, 2.05) is 0 Å². The molecule has 0 aromatic heterocycles. The van der Waals surface area contributed by atoms with Crippen molar-refractivity contribution >= 4 is 28.7 Å². The van der Waals surface area contributed by atoms with Crippen molar-refractivity contribution in [1.82, 2.24) is 0 Å². The molecular weight excluding hydrogens is 380 g/mol. The number of nitrogens with one attached hydrogen (secondary N) is 2. The van der Waals surface area contributed by atoms with Crippen LogP contribution in [-0.2, 0) is 9.53 Å². The Balaban J connectivity index is 3.17. The topological polar surface area (TPSA) is 137 Å². The maximum atomic E-state index is 12.0. The van der Waals surface area contributed by atoms with Crippen LogP contribution < -0.4 is 10.6 Å². The van der Waals surface area contributed by atoms with E-state index in [9.17, 15) is 25.0 Å². The standard InChI is InChI=1S/C19H30N4O6/c1-5-6-7-8-9-10-20-14-11-15(21-18(13(2)3)19(24)29-4)17(23(27)28)12-16(14)22(25)26/h11-13,18,20-21H,5-10H2,1-4H3. The van der Waals surface area contributed by atoms with Gasteiger partial charge in [-0.05, 0) is 18.4 Å². The number of carbonyl (C=O) groups is 1. The highest BCUT2D eigenvalue weighted by atomic mass is 16.6. The van der Waals surface area contributed by atoms with Crippen molar-refractivity contribution in [3.8, 4) is 0 Å². The van der Waals surface area contributed by atoms with Crippen LogP contribution in [0.25, 0.3) is 0 Å². The molecule has 10 heteroatoms. The van der Waals surface area contributed by atoms with Gasteiger partial charge in [0, 0.05) is 6.54 Å². The fourth-order valence-electron chi connectivity index (χ4n) is 2.88. The Bertz CT molecular complexity index is 723. The molecule has 0 aliphatic rings. The normalized spacial score (nSPS) is 11.8. The van der Waals surface area contributed by atoms with E-state index in [0.29, 0.717) is 6.54 Å². The summed E-state index contributed by atoms with van der Waals surface area (Å²) in [5.41, 5.74) is -0.654. The molecule has 1 aromatic rings. The van der Waals surface area contributed by atoms with Crippen molar-refractivity contribution in [1.29, 1.82) is 0 Å². The third-order valence-corrected chi connectivity index (χ3v) is 4.54. The number of carbonyl (C=O) groups excluding carboxylic acids is 1. The maximum Gasteiger partial charge on any atom is 0.328 e. The van der Waals surface area contributed by atoms with Gasteiger partial charge in [0.15, 0.2) is 0 Å². The van der Waals surface area contributed by atoms with Gasteiger partial charge in [0.25, 0.3) is 11.4 Å². The van der Waals surface area contributed by atoms with Crippen molar-refractivity contribution in [2.75, 3.05) is 24.3 Å². The van der Waals surface area contributed by atoms with E-state index in [0.717, 1.165) is 38.2 Å². The van der Waals surface area contributed by atoms with Crippen LogP contribution in [0.4, 0.5) is 22.7 Å². The van der Waals surface area contributed by atoms with E-state index in [-0.39, 0.29) is 23.0 Å². The Morgan fingerprint density at radius 3 is 2.14 bits per heavy atom. The van der Waals surface area contributed by atoms with Crippen LogP contribution in [-0.4, -0.2) is 35.5 Å². The van der Waals surface area contributed by atoms with E-state index in [1.165, 1.54) is 13.2 Å². The Morgan fingerprint density at radius 1 is 1.03 bits per heavy atom. The lowest BCUT2D eigenvalue weighted by Gasteiger charge is -2.21. The molecule has 0 saturated carbocycles. The van der Waals surface area contributed by atoms with Gasteiger partial charge < -0.3 is 15.4 Å². The number of rotatable bonds is 13. The Morgan fingerprint density at radius 2 is 1.62 bits per heavy atom. The zero-order valence-electron chi connectivity index (χ0n) is 17.4. The summed E-state index contributed by atoms with van der Waals surface area (Å²) in [6, 6.07) is 1.40. The van der Waals surface area contributed by atoms with Crippen LogP contribution in [0.2, 0.25) is 0 Å². The third-order valence-electron chi connectivity index (χ3n) is 4.54. The van der Waals surface area contributed by atoms with Gasteiger partial charge >= 0.3 is 5.97 Å². The molecular formula is C19H30N4O6. The van der Waals surface area contributed by atoms with E-state index < -0.39 is 27.5 Å². The van der Waals surface area contributed by atoms with Gasteiger partial charge in [-0.25, -0.2) is 4.79 Å². The summed E-state index contributed by atoms with van der Waals surface area (Å²) in [6.07, 6.45) is 5.16. The largest absolute Gasteiger partial charge is 0.467 e. The number of hydrogen-bond donors (Lipinski definition) is 2. The number of anilines is 2. The van der Waals surface area contributed by atoms with Crippen molar-refractivity contribution in [3.05, 3.63) is 32.4 Å². The second kappa shape index (κ2) is 11.8. The number of methoxy groups -OCH3 is 1. The number of unbranched alkanes of at least 4 members (excludes halogenated alkanes) is 4. The monoisotopic (exact) mass is 410 g/mol. The summed E-state index contributed by atoms with van der Waals surface area (Å²) in [5.74, 6) is -0.787. The molecule has 0 spiro atoms. The molecule has 0 amide bonds. The molecule has 0 aliphatic carbocycles. The molecule has 0 aliphatic heterocycles. The minimum atomic E-state index is -0.831. The van der Waals surface area contributed by atoms with Crippen LogP contribution in [0.3, 0.4) is 0 Å². The number of nitrogens with zero attached hydrogens (tertiary/aromatic N) is 2.